The summed E-state index contributed by atoms with van der Waals surface area (Å²) in [6.45, 7) is 3.43. The van der Waals surface area contributed by atoms with Crippen LogP contribution >= 0.6 is 0 Å². The number of anilines is 1. The number of H-pyrrole nitrogens is 1. The van der Waals surface area contributed by atoms with E-state index in [2.05, 4.69) is 15.6 Å². The minimum absolute atomic E-state index is 0.0747. The molecule has 4 N–H and O–H groups in total. The SMILES string of the molecule is CC(C)NC(=O)c1ccc(NC(CO)Cc2c[nH]c3ccccc23)c([N+](=O)[O-])c1. The van der Waals surface area contributed by atoms with Crippen LogP contribution in [0.25, 0.3) is 10.9 Å². The Kier molecular flexibility index (Phi) is 6.13. The summed E-state index contributed by atoms with van der Waals surface area (Å²) in [6.07, 6.45) is 2.36. The Morgan fingerprint density at radius 3 is 2.69 bits per heavy atom. The van der Waals surface area contributed by atoms with E-state index in [0.717, 1.165) is 16.5 Å². The largest absolute Gasteiger partial charge is 0.394 e. The zero-order valence-electron chi connectivity index (χ0n) is 16.3. The van der Waals surface area contributed by atoms with E-state index in [1.54, 1.807) is 0 Å². The maximum atomic E-state index is 12.2. The predicted molar refractivity (Wildman–Crippen MR) is 112 cm³/mol. The van der Waals surface area contributed by atoms with Crippen LogP contribution in [-0.2, 0) is 6.42 Å². The molecule has 0 saturated heterocycles. The predicted octanol–water partition coefficient (Wildman–Crippen LogP) is 3.23. The summed E-state index contributed by atoms with van der Waals surface area (Å²) in [7, 11) is 0. The van der Waals surface area contributed by atoms with E-state index in [1.807, 2.05) is 44.3 Å². The molecule has 1 unspecified atom stereocenters. The lowest BCUT2D eigenvalue weighted by atomic mass is 10.0. The van der Waals surface area contributed by atoms with Crippen molar-refractivity contribution in [3.8, 4) is 0 Å². The Hall–Kier alpha value is -3.39. The van der Waals surface area contributed by atoms with E-state index in [-0.39, 0.29) is 35.5 Å². The molecule has 2 aromatic carbocycles. The average Bonchev–Trinajstić information content (AvgIpc) is 3.10. The highest BCUT2D eigenvalue weighted by Crippen LogP contribution is 2.27. The fraction of sp³-hybridized carbons (Fsp3) is 0.286. The number of nitro groups is 1. The molecule has 1 heterocycles. The van der Waals surface area contributed by atoms with Gasteiger partial charge in [0.2, 0.25) is 0 Å². The zero-order chi connectivity index (χ0) is 21.0. The fourth-order valence-electron chi connectivity index (χ4n) is 3.24. The highest BCUT2D eigenvalue weighted by molar-refractivity contribution is 5.95. The molecule has 1 amide bonds. The topological polar surface area (TPSA) is 120 Å². The first-order chi connectivity index (χ1) is 13.9. The van der Waals surface area contributed by atoms with Crippen LogP contribution in [0.15, 0.2) is 48.7 Å². The van der Waals surface area contributed by atoms with Crippen molar-refractivity contribution in [1.82, 2.24) is 10.3 Å². The van der Waals surface area contributed by atoms with Crippen LogP contribution in [-0.4, -0.2) is 39.6 Å². The zero-order valence-corrected chi connectivity index (χ0v) is 16.3. The lowest BCUT2D eigenvalue weighted by molar-refractivity contribution is -0.384. The van der Waals surface area contributed by atoms with Gasteiger partial charge in [0.1, 0.15) is 5.69 Å². The number of amides is 1. The van der Waals surface area contributed by atoms with Gasteiger partial charge in [-0.1, -0.05) is 18.2 Å². The third-order valence-corrected chi connectivity index (χ3v) is 4.60. The van der Waals surface area contributed by atoms with Crippen molar-refractivity contribution >= 4 is 28.2 Å². The van der Waals surface area contributed by atoms with Gasteiger partial charge in [-0.25, -0.2) is 0 Å². The van der Waals surface area contributed by atoms with Crippen LogP contribution in [0, 0.1) is 10.1 Å². The van der Waals surface area contributed by atoms with Crippen LogP contribution < -0.4 is 10.6 Å². The number of aromatic amines is 1. The van der Waals surface area contributed by atoms with Gasteiger partial charge in [0.25, 0.3) is 11.6 Å². The number of carbonyl (C=O) groups is 1. The Balaban J connectivity index is 1.83. The summed E-state index contributed by atoms with van der Waals surface area (Å²) in [6, 6.07) is 11.6. The number of benzene rings is 2. The maximum Gasteiger partial charge on any atom is 0.293 e. The summed E-state index contributed by atoms with van der Waals surface area (Å²) < 4.78 is 0. The number of rotatable bonds is 8. The number of nitrogens with one attached hydrogen (secondary N) is 3. The third kappa shape index (κ3) is 4.72. The van der Waals surface area contributed by atoms with Crippen molar-refractivity contribution in [2.75, 3.05) is 11.9 Å². The molecule has 29 heavy (non-hydrogen) atoms. The molecule has 0 saturated carbocycles. The molecule has 1 atom stereocenters. The van der Waals surface area contributed by atoms with Crippen LogP contribution in [0.4, 0.5) is 11.4 Å². The van der Waals surface area contributed by atoms with E-state index >= 15 is 0 Å². The highest BCUT2D eigenvalue weighted by atomic mass is 16.6. The number of aromatic nitrogens is 1. The number of aliphatic hydroxyl groups excluding tert-OH is 1. The Labute approximate surface area is 168 Å². The summed E-state index contributed by atoms with van der Waals surface area (Å²) in [5, 5.41) is 28.2. The number of hydrogen-bond donors (Lipinski definition) is 4. The van der Waals surface area contributed by atoms with Crippen LogP contribution in [0.1, 0.15) is 29.8 Å². The Morgan fingerprint density at radius 1 is 1.24 bits per heavy atom. The van der Waals surface area contributed by atoms with Gasteiger partial charge < -0.3 is 20.7 Å². The van der Waals surface area contributed by atoms with Crippen LogP contribution in [0.3, 0.4) is 0 Å². The molecule has 152 valence electrons. The van der Waals surface area contributed by atoms with Gasteiger partial charge in [-0.2, -0.15) is 0 Å². The number of hydrogen-bond acceptors (Lipinski definition) is 5. The third-order valence-electron chi connectivity index (χ3n) is 4.60. The van der Waals surface area contributed by atoms with E-state index in [1.165, 1.54) is 18.2 Å². The van der Waals surface area contributed by atoms with E-state index in [9.17, 15) is 20.0 Å². The van der Waals surface area contributed by atoms with Gasteiger partial charge in [0.15, 0.2) is 0 Å². The lowest BCUT2D eigenvalue weighted by Gasteiger charge is -2.18. The minimum atomic E-state index is -0.533. The smallest absolute Gasteiger partial charge is 0.293 e. The normalized spacial score (nSPS) is 12.1. The standard InChI is InChI=1S/C21H24N4O4/c1-13(2)23-21(27)14-7-8-19(20(10-14)25(28)29)24-16(12-26)9-15-11-22-18-6-4-3-5-17(15)18/h3-8,10-11,13,16,22,24,26H,9,12H2,1-2H3,(H,23,27). The van der Waals surface area contributed by atoms with E-state index in [4.69, 9.17) is 0 Å². The first-order valence-corrected chi connectivity index (χ1v) is 9.40. The number of nitro benzene ring substituents is 1. The summed E-state index contributed by atoms with van der Waals surface area (Å²) >= 11 is 0. The second-order valence-corrected chi connectivity index (χ2v) is 7.20. The molecular weight excluding hydrogens is 372 g/mol. The maximum absolute atomic E-state index is 12.2. The molecule has 0 radical (unpaired) electrons. The molecule has 0 bridgehead atoms. The van der Waals surface area contributed by atoms with Crippen molar-refractivity contribution in [3.63, 3.8) is 0 Å². The minimum Gasteiger partial charge on any atom is -0.394 e. The van der Waals surface area contributed by atoms with Gasteiger partial charge in [-0.15, -0.1) is 0 Å². The first kappa shape index (κ1) is 20.3. The van der Waals surface area contributed by atoms with Crippen molar-refractivity contribution in [1.29, 1.82) is 0 Å². The van der Waals surface area contributed by atoms with Gasteiger partial charge in [0.05, 0.1) is 17.6 Å². The summed E-state index contributed by atoms with van der Waals surface area (Å²) in [4.78, 5) is 26.4. The number of fused-ring (bicyclic) bond motifs is 1. The van der Waals surface area contributed by atoms with Crippen LogP contribution in [0.5, 0.6) is 0 Å². The van der Waals surface area contributed by atoms with Gasteiger partial charge in [-0.3, -0.25) is 14.9 Å². The molecular formula is C21H24N4O4. The van der Waals surface area contributed by atoms with Gasteiger partial charge in [0, 0.05) is 34.8 Å². The molecule has 0 aliphatic heterocycles. The molecule has 3 aromatic rings. The summed E-state index contributed by atoms with van der Waals surface area (Å²) in [5.74, 6) is -0.368. The number of para-hydroxylation sites is 1. The lowest BCUT2D eigenvalue weighted by Crippen LogP contribution is -2.30. The van der Waals surface area contributed by atoms with Crippen molar-refractivity contribution < 1.29 is 14.8 Å². The van der Waals surface area contributed by atoms with Crippen molar-refractivity contribution in [2.24, 2.45) is 0 Å². The number of nitrogens with zero attached hydrogens (tertiary/aromatic N) is 1. The van der Waals surface area contributed by atoms with Crippen molar-refractivity contribution in [3.05, 3.63) is 69.9 Å². The van der Waals surface area contributed by atoms with Gasteiger partial charge >= 0.3 is 0 Å². The Morgan fingerprint density at radius 2 is 2.00 bits per heavy atom. The number of aliphatic hydroxyl groups is 1. The van der Waals surface area contributed by atoms with Gasteiger partial charge in [-0.05, 0) is 44.0 Å². The molecule has 1 aromatic heterocycles. The van der Waals surface area contributed by atoms with E-state index < -0.39 is 11.0 Å². The fourth-order valence-corrected chi connectivity index (χ4v) is 3.24. The molecule has 0 aliphatic rings. The van der Waals surface area contributed by atoms with E-state index in [0.29, 0.717) is 6.42 Å². The monoisotopic (exact) mass is 396 g/mol. The van der Waals surface area contributed by atoms with Crippen molar-refractivity contribution in [2.45, 2.75) is 32.4 Å². The second-order valence-electron chi connectivity index (χ2n) is 7.20. The van der Waals surface area contributed by atoms with Crippen LogP contribution in [0.2, 0.25) is 0 Å². The molecule has 8 nitrogen and oxygen atoms in total. The molecule has 0 aliphatic carbocycles. The molecule has 0 fully saturated rings. The molecule has 8 heteroatoms. The summed E-state index contributed by atoms with van der Waals surface area (Å²) in [5.41, 5.74) is 2.26. The second kappa shape index (κ2) is 8.74. The molecule has 0 spiro atoms. The number of carbonyl (C=O) groups excluding carboxylic acids is 1. The molecule has 3 rings (SSSR count). The Bertz CT molecular complexity index is 1030. The average molecular weight is 396 g/mol. The first-order valence-electron chi connectivity index (χ1n) is 9.40. The quantitative estimate of drug-likeness (QED) is 0.344. The highest BCUT2D eigenvalue weighted by Gasteiger charge is 2.21.